The maximum Gasteiger partial charge on any atom is 0.227 e. The third kappa shape index (κ3) is 4.96. The number of rotatable bonds is 6. The molecule has 2 heterocycles. The van der Waals surface area contributed by atoms with Gasteiger partial charge in [0.25, 0.3) is 0 Å². The Balaban J connectivity index is 1.14. The van der Waals surface area contributed by atoms with Crippen LogP contribution in [-0.4, -0.2) is 9.55 Å². The monoisotopic (exact) mass is 653 g/mol. The first-order chi connectivity index (χ1) is 25.3. The highest BCUT2D eigenvalue weighted by Crippen LogP contribution is 2.40. The van der Waals surface area contributed by atoms with E-state index in [0.29, 0.717) is 5.89 Å². The first-order valence-corrected chi connectivity index (χ1v) is 17.2. The number of nitrogens with zero attached hydrogens (tertiary/aromatic N) is 3. The predicted octanol–water partition coefficient (Wildman–Crippen LogP) is 12.9. The minimum absolute atomic E-state index is 0.622. The molecule has 0 amide bonds. The average molecular weight is 654 g/mol. The Morgan fingerprint density at radius 1 is 0.431 bits per heavy atom. The maximum absolute atomic E-state index is 6.28. The third-order valence-electron chi connectivity index (χ3n) is 9.80. The number of hydrogen-bond donors (Lipinski definition) is 0. The molecular formula is C47H31N3O. The molecule has 8 aromatic carbocycles. The molecule has 51 heavy (non-hydrogen) atoms. The van der Waals surface area contributed by atoms with E-state index in [2.05, 4.69) is 161 Å². The molecule has 0 bridgehead atoms. The second-order valence-corrected chi connectivity index (χ2v) is 12.8. The van der Waals surface area contributed by atoms with Crippen molar-refractivity contribution in [2.45, 2.75) is 0 Å². The van der Waals surface area contributed by atoms with Crippen LogP contribution >= 0.6 is 0 Å². The molecule has 0 aliphatic carbocycles. The molecule has 0 saturated carbocycles. The Hall–Kier alpha value is -6.91. The summed E-state index contributed by atoms with van der Waals surface area (Å²) in [6, 6.07) is 66.3. The van der Waals surface area contributed by atoms with Gasteiger partial charge >= 0.3 is 0 Å². The van der Waals surface area contributed by atoms with Crippen LogP contribution in [0.5, 0.6) is 0 Å². The summed E-state index contributed by atoms with van der Waals surface area (Å²) in [6.07, 6.45) is 0. The normalized spacial score (nSPS) is 11.5. The van der Waals surface area contributed by atoms with Gasteiger partial charge < -0.3 is 13.9 Å². The van der Waals surface area contributed by atoms with Crippen molar-refractivity contribution in [2.24, 2.45) is 0 Å². The molecule has 0 aliphatic heterocycles. The largest absolute Gasteiger partial charge is 0.436 e. The summed E-state index contributed by atoms with van der Waals surface area (Å²) in [5, 5.41) is 4.66. The molecule has 10 rings (SSSR count). The van der Waals surface area contributed by atoms with Crippen LogP contribution in [0.15, 0.2) is 192 Å². The van der Waals surface area contributed by atoms with Crippen LogP contribution in [0.3, 0.4) is 0 Å². The Kier molecular flexibility index (Phi) is 6.78. The zero-order valence-corrected chi connectivity index (χ0v) is 27.6. The Labute approximate surface area is 295 Å². The Morgan fingerprint density at radius 3 is 1.75 bits per heavy atom. The topological polar surface area (TPSA) is 34.2 Å². The summed E-state index contributed by atoms with van der Waals surface area (Å²) in [5.41, 5.74) is 11.6. The lowest BCUT2D eigenvalue weighted by Crippen LogP contribution is -2.10. The first kappa shape index (κ1) is 29.0. The molecule has 0 spiro atoms. The maximum atomic E-state index is 6.28. The van der Waals surface area contributed by atoms with E-state index in [1.165, 1.54) is 27.4 Å². The van der Waals surface area contributed by atoms with Crippen LogP contribution in [0.25, 0.3) is 71.9 Å². The number of oxazole rings is 1. The van der Waals surface area contributed by atoms with Gasteiger partial charge in [0.1, 0.15) is 5.52 Å². The molecule has 0 saturated heterocycles. The van der Waals surface area contributed by atoms with Crippen molar-refractivity contribution in [3.05, 3.63) is 188 Å². The summed E-state index contributed by atoms with van der Waals surface area (Å²) >= 11 is 0. The predicted molar refractivity (Wildman–Crippen MR) is 211 cm³/mol. The average Bonchev–Trinajstić information content (AvgIpc) is 3.80. The van der Waals surface area contributed by atoms with Gasteiger partial charge in [-0.05, 0) is 95.4 Å². The zero-order chi connectivity index (χ0) is 33.7. The lowest BCUT2D eigenvalue weighted by Gasteiger charge is -2.26. The SMILES string of the molecule is c1ccc(-c2cccc(N(c3ccc(-n4c5ccccc5c5ccccc54)cc3)c3ccc4ccc5oc(-c6ccccc6)nc5c4c3)c2)cc1. The third-order valence-corrected chi connectivity index (χ3v) is 9.80. The van der Waals surface area contributed by atoms with Crippen LogP contribution in [0.1, 0.15) is 0 Å². The van der Waals surface area contributed by atoms with Crippen LogP contribution in [-0.2, 0) is 0 Å². The second-order valence-electron chi connectivity index (χ2n) is 12.8. The standard InChI is InChI=1S/C47H31N3O/c1-3-12-32(13-4-1)35-16-11-17-38(30-35)49(36-25-27-37(28-26-36)50-43-20-9-7-18-40(43)41-19-8-10-21-44(41)50)39-24-22-33-23-29-45-46(42(33)31-39)48-47(51-45)34-14-5-2-6-15-34/h1-31H. The van der Waals surface area contributed by atoms with Crippen LogP contribution in [0.4, 0.5) is 17.1 Å². The number of fused-ring (bicyclic) bond motifs is 6. The van der Waals surface area contributed by atoms with Gasteiger partial charge in [-0.2, -0.15) is 0 Å². The smallest absolute Gasteiger partial charge is 0.227 e. The van der Waals surface area contributed by atoms with Crippen molar-refractivity contribution in [1.29, 1.82) is 0 Å². The fraction of sp³-hybridized carbons (Fsp3) is 0. The molecule has 0 fully saturated rings. The molecule has 0 radical (unpaired) electrons. The number of aromatic nitrogens is 2. The molecule has 10 aromatic rings. The van der Waals surface area contributed by atoms with Gasteiger partial charge in [-0.25, -0.2) is 4.98 Å². The molecule has 0 aliphatic rings. The Morgan fingerprint density at radius 2 is 1.02 bits per heavy atom. The summed E-state index contributed by atoms with van der Waals surface area (Å²) in [6.45, 7) is 0. The van der Waals surface area contributed by atoms with Gasteiger partial charge in [0.15, 0.2) is 5.58 Å². The number of para-hydroxylation sites is 2. The quantitative estimate of drug-likeness (QED) is 0.179. The van der Waals surface area contributed by atoms with Crippen molar-refractivity contribution in [1.82, 2.24) is 9.55 Å². The van der Waals surface area contributed by atoms with Crippen LogP contribution < -0.4 is 4.90 Å². The molecule has 0 N–H and O–H groups in total. The van der Waals surface area contributed by atoms with E-state index in [4.69, 9.17) is 9.40 Å². The molecule has 0 atom stereocenters. The minimum Gasteiger partial charge on any atom is -0.436 e. The first-order valence-electron chi connectivity index (χ1n) is 17.2. The van der Waals surface area contributed by atoms with Crippen LogP contribution in [0.2, 0.25) is 0 Å². The summed E-state index contributed by atoms with van der Waals surface area (Å²) in [7, 11) is 0. The molecule has 4 heteroatoms. The van der Waals surface area contributed by atoms with E-state index in [1.54, 1.807) is 0 Å². The number of benzene rings is 8. The molecule has 4 nitrogen and oxygen atoms in total. The van der Waals surface area contributed by atoms with E-state index in [9.17, 15) is 0 Å². The van der Waals surface area contributed by atoms with Crippen molar-refractivity contribution in [2.75, 3.05) is 4.90 Å². The summed E-state index contributed by atoms with van der Waals surface area (Å²) in [5.74, 6) is 0.622. The van der Waals surface area contributed by atoms with Crippen molar-refractivity contribution >= 4 is 60.7 Å². The van der Waals surface area contributed by atoms with Crippen molar-refractivity contribution in [3.8, 4) is 28.3 Å². The molecule has 2 aromatic heterocycles. The fourth-order valence-electron chi connectivity index (χ4n) is 7.40. The van der Waals surface area contributed by atoms with Gasteiger partial charge in [0, 0.05) is 44.5 Å². The van der Waals surface area contributed by atoms with E-state index in [0.717, 1.165) is 55.7 Å². The van der Waals surface area contributed by atoms with Crippen molar-refractivity contribution < 1.29 is 4.42 Å². The molecule has 0 unspecified atom stereocenters. The lowest BCUT2D eigenvalue weighted by atomic mass is 10.0. The highest BCUT2D eigenvalue weighted by Gasteiger charge is 2.18. The van der Waals surface area contributed by atoms with E-state index in [1.807, 2.05) is 36.4 Å². The van der Waals surface area contributed by atoms with Crippen molar-refractivity contribution in [3.63, 3.8) is 0 Å². The van der Waals surface area contributed by atoms with E-state index >= 15 is 0 Å². The summed E-state index contributed by atoms with van der Waals surface area (Å²) in [4.78, 5) is 7.34. The highest BCUT2D eigenvalue weighted by atomic mass is 16.3. The number of anilines is 3. The number of hydrogen-bond acceptors (Lipinski definition) is 3. The van der Waals surface area contributed by atoms with Crippen LogP contribution in [0, 0.1) is 0 Å². The fourth-order valence-corrected chi connectivity index (χ4v) is 7.40. The van der Waals surface area contributed by atoms with E-state index < -0.39 is 0 Å². The second kappa shape index (κ2) is 11.9. The lowest BCUT2D eigenvalue weighted by molar-refractivity contribution is 0.620. The molecular weight excluding hydrogens is 623 g/mol. The van der Waals surface area contributed by atoms with Gasteiger partial charge in [-0.1, -0.05) is 109 Å². The van der Waals surface area contributed by atoms with Gasteiger partial charge in [-0.3, -0.25) is 0 Å². The molecule has 240 valence electrons. The zero-order valence-electron chi connectivity index (χ0n) is 27.6. The van der Waals surface area contributed by atoms with Gasteiger partial charge in [0.05, 0.1) is 11.0 Å². The summed E-state index contributed by atoms with van der Waals surface area (Å²) < 4.78 is 8.64. The minimum atomic E-state index is 0.622. The van der Waals surface area contributed by atoms with E-state index in [-0.39, 0.29) is 0 Å². The van der Waals surface area contributed by atoms with Gasteiger partial charge in [0.2, 0.25) is 5.89 Å². The van der Waals surface area contributed by atoms with Gasteiger partial charge in [-0.15, -0.1) is 0 Å². The Bertz CT molecular complexity index is 2800. The highest BCUT2D eigenvalue weighted by molar-refractivity contribution is 6.09.